The lowest BCUT2D eigenvalue weighted by Gasteiger charge is -2.20. The molecule has 1 fully saturated rings. The molecule has 1 saturated heterocycles. The maximum Gasteiger partial charge on any atom is 0.254 e. The molecule has 1 aliphatic rings. The predicted octanol–water partition coefficient (Wildman–Crippen LogP) is 2.58. The zero-order valence-electron chi connectivity index (χ0n) is 11.7. The van der Waals surface area contributed by atoms with Crippen LogP contribution in [0, 0.1) is 11.7 Å². The van der Waals surface area contributed by atoms with Gasteiger partial charge in [0.05, 0.1) is 5.56 Å². The Kier molecular flexibility index (Phi) is 5.43. The smallest absolute Gasteiger partial charge is 0.254 e. The van der Waals surface area contributed by atoms with E-state index in [1.165, 1.54) is 31.0 Å². The molecule has 1 unspecified atom stereocenters. The first-order valence-corrected chi connectivity index (χ1v) is 7.50. The molecular formula is C15H21FN2OS. The van der Waals surface area contributed by atoms with Crippen molar-refractivity contribution in [2.45, 2.75) is 24.7 Å². The monoisotopic (exact) mass is 296 g/mol. The van der Waals surface area contributed by atoms with Gasteiger partial charge >= 0.3 is 0 Å². The van der Waals surface area contributed by atoms with Crippen molar-refractivity contribution in [1.29, 1.82) is 0 Å². The molecular weight excluding hydrogens is 275 g/mol. The lowest BCUT2D eigenvalue weighted by Crippen LogP contribution is -2.34. The minimum absolute atomic E-state index is 0.0610. The fourth-order valence-electron chi connectivity index (χ4n) is 2.52. The summed E-state index contributed by atoms with van der Waals surface area (Å²) >= 11 is 4.13. The van der Waals surface area contributed by atoms with Gasteiger partial charge in [0.15, 0.2) is 0 Å². The van der Waals surface area contributed by atoms with E-state index < -0.39 is 5.82 Å². The molecule has 20 heavy (non-hydrogen) atoms. The quantitative estimate of drug-likeness (QED) is 0.819. The number of amides is 1. The number of hydrogen-bond donors (Lipinski definition) is 2. The summed E-state index contributed by atoms with van der Waals surface area (Å²) in [5, 5.41) is 2.80. The highest BCUT2D eigenvalue weighted by Gasteiger charge is 2.16. The Morgan fingerprint density at radius 3 is 2.85 bits per heavy atom. The summed E-state index contributed by atoms with van der Waals surface area (Å²) in [6.07, 6.45) is 2.53. The van der Waals surface area contributed by atoms with Crippen molar-refractivity contribution in [3.8, 4) is 0 Å². The minimum atomic E-state index is -0.507. The van der Waals surface area contributed by atoms with Crippen LogP contribution in [0.4, 0.5) is 4.39 Å². The molecule has 0 radical (unpaired) electrons. The van der Waals surface area contributed by atoms with Crippen molar-refractivity contribution in [1.82, 2.24) is 10.2 Å². The molecule has 1 amide bonds. The van der Waals surface area contributed by atoms with Gasteiger partial charge in [0, 0.05) is 18.0 Å². The van der Waals surface area contributed by atoms with Crippen LogP contribution < -0.4 is 5.32 Å². The summed E-state index contributed by atoms with van der Waals surface area (Å²) in [4.78, 5) is 15.0. The van der Waals surface area contributed by atoms with Gasteiger partial charge in [0.2, 0.25) is 0 Å². The van der Waals surface area contributed by atoms with Crippen LogP contribution in [0.25, 0.3) is 0 Å². The standard InChI is InChI=1S/C15H21FN2OS/c1-11(10-18-6-2-3-7-18)9-17-15(19)13-8-12(20)4-5-14(13)16/h4-5,8,11,20H,2-3,6-7,9-10H2,1H3,(H,17,19). The maximum absolute atomic E-state index is 13.6. The van der Waals surface area contributed by atoms with E-state index in [9.17, 15) is 9.18 Å². The maximum atomic E-state index is 13.6. The Bertz CT molecular complexity index is 475. The highest BCUT2D eigenvalue weighted by atomic mass is 32.1. The molecule has 0 bridgehead atoms. The molecule has 1 aromatic carbocycles. The molecule has 0 aliphatic carbocycles. The first kappa shape index (κ1) is 15.3. The third kappa shape index (κ3) is 4.21. The van der Waals surface area contributed by atoms with Crippen LogP contribution in [-0.2, 0) is 0 Å². The topological polar surface area (TPSA) is 32.3 Å². The number of carbonyl (C=O) groups is 1. The number of thiol groups is 1. The number of likely N-dealkylation sites (tertiary alicyclic amines) is 1. The molecule has 3 nitrogen and oxygen atoms in total. The molecule has 2 rings (SSSR count). The van der Waals surface area contributed by atoms with Crippen molar-refractivity contribution in [2.24, 2.45) is 5.92 Å². The van der Waals surface area contributed by atoms with Gasteiger partial charge in [-0.15, -0.1) is 12.6 Å². The van der Waals surface area contributed by atoms with Gasteiger partial charge in [-0.05, 0) is 50.0 Å². The lowest BCUT2D eigenvalue weighted by molar-refractivity contribution is 0.0941. The summed E-state index contributed by atoms with van der Waals surface area (Å²) in [7, 11) is 0. The van der Waals surface area contributed by atoms with Crippen LogP contribution in [0.1, 0.15) is 30.1 Å². The van der Waals surface area contributed by atoms with Crippen molar-refractivity contribution in [3.63, 3.8) is 0 Å². The Morgan fingerprint density at radius 1 is 1.45 bits per heavy atom. The number of nitrogens with zero attached hydrogens (tertiary/aromatic N) is 1. The van der Waals surface area contributed by atoms with Gasteiger partial charge in [-0.1, -0.05) is 6.92 Å². The van der Waals surface area contributed by atoms with Crippen LogP contribution in [0.15, 0.2) is 23.1 Å². The zero-order valence-corrected chi connectivity index (χ0v) is 12.6. The Balaban J connectivity index is 1.83. The number of halogens is 1. The zero-order chi connectivity index (χ0) is 14.5. The minimum Gasteiger partial charge on any atom is -0.352 e. The van der Waals surface area contributed by atoms with E-state index in [1.54, 1.807) is 0 Å². The largest absolute Gasteiger partial charge is 0.352 e. The van der Waals surface area contributed by atoms with Crippen LogP contribution >= 0.6 is 12.6 Å². The van der Waals surface area contributed by atoms with Crippen molar-refractivity contribution < 1.29 is 9.18 Å². The molecule has 1 aromatic rings. The second-order valence-electron chi connectivity index (χ2n) is 5.49. The fraction of sp³-hybridized carbons (Fsp3) is 0.533. The van der Waals surface area contributed by atoms with E-state index in [0.29, 0.717) is 17.4 Å². The lowest BCUT2D eigenvalue weighted by atomic mass is 10.1. The summed E-state index contributed by atoms with van der Waals surface area (Å²) < 4.78 is 13.6. The number of carbonyl (C=O) groups excluding carboxylic acids is 1. The van der Waals surface area contributed by atoms with Crippen LogP contribution in [-0.4, -0.2) is 37.0 Å². The van der Waals surface area contributed by atoms with Gasteiger partial charge in [0.1, 0.15) is 5.82 Å². The molecule has 1 atom stereocenters. The third-order valence-electron chi connectivity index (χ3n) is 3.57. The predicted molar refractivity (Wildman–Crippen MR) is 80.8 cm³/mol. The van der Waals surface area contributed by atoms with Crippen LogP contribution in [0.3, 0.4) is 0 Å². The van der Waals surface area contributed by atoms with Crippen molar-refractivity contribution in [2.75, 3.05) is 26.2 Å². The first-order chi connectivity index (χ1) is 9.56. The summed E-state index contributed by atoms with van der Waals surface area (Å²) in [5.74, 6) is -0.515. The van der Waals surface area contributed by atoms with E-state index in [1.807, 2.05) is 0 Å². The molecule has 0 saturated carbocycles. The fourth-order valence-corrected chi connectivity index (χ4v) is 2.72. The van der Waals surface area contributed by atoms with Crippen LogP contribution in [0.2, 0.25) is 0 Å². The Morgan fingerprint density at radius 2 is 2.15 bits per heavy atom. The third-order valence-corrected chi connectivity index (χ3v) is 3.85. The molecule has 1 N–H and O–H groups in total. The molecule has 1 heterocycles. The van der Waals surface area contributed by atoms with Crippen LogP contribution in [0.5, 0.6) is 0 Å². The SMILES string of the molecule is CC(CNC(=O)c1cc(S)ccc1F)CN1CCCC1. The molecule has 1 aliphatic heterocycles. The second kappa shape index (κ2) is 7.09. The van der Waals surface area contributed by atoms with Gasteiger partial charge in [-0.3, -0.25) is 4.79 Å². The van der Waals surface area contributed by atoms with E-state index in [2.05, 4.69) is 29.8 Å². The Labute approximate surface area is 125 Å². The normalized spacial score (nSPS) is 17.1. The van der Waals surface area contributed by atoms with E-state index in [4.69, 9.17) is 0 Å². The van der Waals surface area contributed by atoms with E-state index in [-0.39, 0.29) is 11.5 Å². The summed E-state index contributed by atoms with van der Waals surface area (Å²) in [6, 6.07) is 4.26. The average Bonchev–Trinajstić information content (AvgIpc) is 2.91. The number of rotatable bonds is 5. The molecule has 110 valence electrons. The van der Waals surface area contributed by atoms with E-state index >= 15 is 0 Å². The second-order valence-corrected chi connectivity index (χ2v) is 6.00. The summed E-state index contributed by atoms with van der Waals surface area (Å²) in [5.41, 5.74) is 0.0610. The van der Waals surface area contributed by atoms with Gasteiger partial charge in [0.25, 0.3) is 5.91 Å². The average molecular weight is 296 g/mol. The highest BCUT2D eigenvalue weighted by molar-refractivity contribution is 7.80. The van der Waals surface area contributed by atoms with Crippen molar-refractivity contribution in [3.05, 3.63) is 29.6 Å². The molecule has 0 aromatic heterocycles. The summed E-state index contributed by atoms with van der Waals surface area (Å²) in [6.45, 7) is 5.94. The molecule has 0 spiro atoms. The number of nitrogens with one attached hydrogen (secondary N) is 1. The van der Waals surface area contributed by atoms with Gasteiger partial charge < -0.3 is 10.2 Å². The highest BCUT2D eigenvalue weighted by Crippen LogP contribution is 2.14. The first-order valence-electron chi connectivity index (χ1n) is 7.05. The van der Waals surface area contributed by atoms with Gasteiger partial charge in [-0.25, -0.2) is 4.39 Å². The van der Waals surface area contributed by atoms with Crippen molar-refractivity contribution >= 4 is 18.5 Å². The Hall–Kier alpha value is -1.07. The molecule has 5 heteroatoms. The number of hydrogen-bond acceptors (Lipinski definition) is 3. The van der Waals surface area contributed by atoms with Gasteiger partial charge in [-0.2, -0.15) is 0 Å². The van der Waals surface area contributed by atoms with E-state index in [0.717, 1.165) is 19.6 Å². The number of benzene rings is 1.